The maximum atomic E-state index is 13.2. The van der Waals surface area contributed by atoms with Crippen LogP contribution < -0.4 is 25.9 Å². The van der Waals surface area contributed by atoms with Gasteiger partial charge in [0.05, 0.1) is 36.0 Å². The first kappa shape index (κ1) is 25.8. The van der Waals surface area contributed by atoms with Crippen LogP contribution in [0.2, 0.25) is 5.02 Å². The number of carbonyl (C=O) groups excluding carboxylic acids is 1. The predicted molar refractivity (Wildman–Crippen MR) is 133 cm³/mol. The Kier molecular flexibility index (Phi) is 6.86. The van der Waals surface area contributed by atoms with E-state index in [0.29, 0.717) is 42.0 Å². The van der Waals surface area contributed by atoms with Crippen molar-refractivity contribution in [1.29, 1.82) is 0 Å². The third-order valence-electron chi connectivity index (χ3n) is 5.79. The number of ether oxygens (including phenoxy) is 2. The van der Waals surface area contributed by atoms with Crippen LogP contribution in [0.5, 0.6) is 5.75 Å². The highest BCUT2D eigenvalue weighted by Crippen LogP contribution is 2.36. The van der Waals surface area contributed by atoms with Gasteiger partial charge in [-0.3, -0.25) is 5.43 Å². The van der Waals surface area contributed by atoms with E-state index in [-0.39, 0.29) is 17.9 Å². The molecule has 1 saturated heterocycles. The van der Waals surface area contributed by atoms with Crippen LogP contribution in [0.4, 0.5) is 41.0 Å². The Labute approximate surface area is 219 Å². The van der Waals surface area contributed by atoms with Gasteiger partial charge in [-0.25, -0.2) is 9.78 Å². The number of hydrazine groups is 2. The van der Waals surface area contributed by atoms with Gasteiger partial charge in [-0.1, -0.05) is 11.6 Å². The number of morpholine rings is 1. The minimum atomic E-state index is -4.66. The number of methoxy groups -OCH3 is 1. The molecule has 2 aliphatic rings. The Hall–Kier alpha value is -3.88. The molecule has 0 radical (unpaired) electrons. The van der Waals surface area contributed by atoms with E-state index in [1.165, 1.54) is 19.5 Å². The molecule has 3 atom stereocenters. The number of hydrogen-bond acceptors (Lipinski definition) is 9. The van der Waals surface area contributed by atoms with Crippen LogP contribution >= 0.6 is 11.6 Å². The lowest BCUT2D eigenvalue weighted by molar-refractivity contribution is -0.137. The molecule has 0 saturated carbocycles. The van der Waals surface area contributed by atoms with E-state index in [4.69, 9.17) is 21.1 Å². The molecule has 0 spiro atoms. The molecule has 3 N–H and O–H groups in total. The highest BCUT2D eigenvalue weighted by molar-refractivity contribution is 6.31. The molecule has 2 amide bonds. The average Bonchev–Trinajstić information content (AvgIpc) is 2.93. The Morgan fingerprint density at radius 3 is 2.61 bits per heavy atom. The second-order valence-corrected chi connectivity index (χ2v) is 8.97. The minimum Gasteiger partial charge on any atom is -0.495 e. The van der Waals surface area contributed by atoms with Crippen molar-refractivity contribution in [2.75, 3.05) is 41.4 Å². The Morgan fingerprint density at radius 1 is 1.13 bits per heavy atom. The van der Waals surface area contributed by atoms with Crippen molar-refractivity contribution < 1.29 is 27.4 Å². The molecule has 2 aromatic carbocycles. The molecule has 4 bridgehead atoms. The van der Waals surface area contributed by atoms with Gasteiger partial charge in [-0.05, 0) is 43.3 Å². The third-order valence-corrected chi connectivity index (χ3v) is 6.12. The van der Waals surface area contributed by atoms with Crippen molar-refractivity contribution >= 4 is 40.6 Å². The van der Waals surface area contributed by atoms with Gasteiger partial charge < -0.3 is 20.1 Å². The number of carbonyl (C=O) groups is 1. The van der Waals surface area contributed by atoms with E-state index in [9.17, 15) is 18.0 Å². The molecule has 0 aliphatic carbocycles. The number of aromatic nitrogens is 3. The van der Waals surface area contributed by atoms with Gasteiger partial charge in [0, 0.05) is 17.9 Å². The average molecular weight is 551 g/mol. The quantitative estimate of drug-likeness (QED) is 0.415. The van der Waals surface area contributed by atoms with E-state index >= 15 is 0 Å². The van der Waals surface area contributed by atoms with Gasteiger partial charge >= 0.3 is 12.2 Å². The van der Waals surface area contributed by atoms with Crippen LogP contribution in [0.1, 0.15) is 24.4 Å². The zero-order chi connectivity index (χ0) is 27.0. The number of nitrogens with one attached hydrogen (secondary N) is 3. The fraction of sp³-hybridized carbons (Fsp3) is 0.304. The fourth-order valence-corrected chi connectivity index (χ4v) is 4.36. The van der Waals surface area contributed by atoms with E-state index in [1.54, 1.807) is 23.3 Å². The lowest BCUT2D eigenvalue weighted by atomic mass is 10.2. The SMILES string of the molecule is COc1ccc(NC(=O)Nc2ccc(Cl)c(C(F)(F)F)c2)cc1NN1c2ncnc(n2)C2CN1CC(C)O2. The molecule has 38 heavy (non-hydrogen) atoms. The van der Waals surface area contributed by atoms with Crippen molar-refractivity contribution in [3.05, 3.63) is 59.1 Å². The van der Waals surface area contributed by atoms with Gasteiger partial charge in [0.15, 0.2) is 5.82 Å². The monoisotopic (exact) mass is 550 g/mol. The van der Waals surface area contributed by atoms with Crippen LogP contribution in [-0.4, -0.2) is 52.3 Å². The van der Waals surface area contributed by atoms with E-state index in [2.05, 4.69) is 31.0 Å². The van der Waals surface area contributed by atoms with Gasteiger partial charge in [0.1, 0.15) is 18.2 Å². The summed E-state index contributed by atoms with van der Waals surface area (Å²) in [5.41, 5.74) is 2.92. The molecule has 5 rings (SSSR count). The van der Waals surface area contributed by atoms with Crippen LogP contribution in [0, 0.1) is 0 Å². The van der Waals surface area contributed by atoms with Crippen LogP contribution in [-0.2, 0) is 10.9 Å². The number of benzene rings is 2. The summed E-state index contributed by atoms with van der Waals surface area (Å²) in [5, 5.41) is 8.17. The van der Waals surface area contributed by atoms with E-state index in [1.807, 2.05) is 11.9 Å². The molecule has 11 nitrogen and oxygen atoms in total. The molecule has 1 fully saturated rings. The first-order chi connectivity index (χ1) is 18.1. The summed E-state index contributed by atoms with van der Waals surface area (Å²) in [6.07, 6.45) is -3.67. The highest BCUT2D eigenvalue weighted by Gasteiger charge is 2.37. The number of halogens is 4. The van der Waals surface area contributed by atoms with Crippen LogP contribution in [0.3, 0.4) is 0 Å². The molecule has 15 heteroatoms. The number of fused-ring (bicyclic) bond motifs is 5. The van der Waals surface area contributed by atoms with Crippen LogP contribution in [0.15, 0.2) is 42.7 Å². The summed E-state index contributed by atoms with van der Waals surface area (Å²) in [6, 6.07) is 7.18. The molecule has 2 aliphatic heterocycles. The van der Waals surface area contributed by atoms with Crippen molar-refractivity contribution in [2.45, 2.75) is 25.3 Å². The Balaban J connectivity index is 1.36. The molecule has 3 aromatic rings. The maximum Gasteiger partial charge on any atom is 0.417 e. The predicted octanol–water partition coefficient (Wildman–Crippen LogP) is 4.72. The second kappa shape index (κ2) is 10.1. The van der Waals surface area contributed by atoms with Gasteiger partial charge in [-0.2, -0.15) is 33.3 Å². The molecule has 1 aromatic heterocycles. The summed E-state index contributed by atoms with van der Waals surface area (Å²) in [6.45, 7) is 2.98. The van der Waals surface area contributed by atoms with Crippen molar-refractivity contribution in [3.8, 4) is 5.75 Å². The zero-order valence-electron chi connectivity index (χ0n) is 20.1. The van der Waals surface area contributed by atoms with Gasteiger partial charge in [0.25, 0.3) is 5.95 Å². The molecule has 200 valence electrons. The lowest BCUT2D eigenvalue weighted by Gasteiger charge is -2.39. The van der Waals surface area contributed by atoms with Crippen molar-refractivity contribution in [2.24, 2.45) is 0 Å². The minimum absolute atomic E-state index is 0.0720. The smallest absolute Gasteiger partial charge is 0.417 e. The number of alkyl halides is 3. The Bertz CT molecular complexity index is 1360. The first-order valence-corrected chi connectivity index (χ1v) is 11.8. The van der Waals surface area contributed by atoms with E-state index in [0.717, 1.165) is 12.1 Å². The standard InChI is InChI=1S/C23H22ClF3N8O3/c1-12-9-34-10-19(38-12)20-28-11-29-21(32-20)35(34)33-17-8-14(4-6-18(17)37-2)31-22(36)30-13-3-5-16(24)15(7-13)23(25,26)27/h3-8,11-12,19,33H,9-10H2,1-2H3,(H2,30,31,36). The number of amides is 2. The third kappa shape index (κ3) is 5.37. The highest BCUT2D eigenvalue weighted by atomic mass is 35.5. The normalized spacial score (nSPS) is 20.4. The number of nitrogens with zero attached hydrogens (tertiary/aromatic N) is 5. The summed E-state index contributed by atoms with van der Waals surface area (Å²) >= 11 is 5.65. The summed E-state index contributed by atoms with van der Waals surface area (Å²) in [4.78, 5) is 25.6. The summed E-state index contributed by atoms with van der Waals surface area (Å²) in [7, 11) is 1.50. The number of rotatable bonds is 5. The molecular formula is C23H22ClF3N8O3. The van der Waals surface area contributed by atoms with Crippen molar-refractivity contribution in [3.63, 3.8) is 0 Å². The van der Waals surface area contributed by atoms with Gasteiger partial charge in [-0.15, -0.1) is 0 Å². The van der Waals surface area contributed by atoms with Crippen molar-refractivity contribution in [1.82, 2.24) is 20.0 Å². The molecular weight excluding hydrogens is 529 g/mol. The largest absolute Gasteiger partial charge is 0.495 e. The second-order valence-electron chi connectivity index (χ2n) is 8.56. The number of urea groups is 1. The Morgan fingerprint density at radius 2 is 1.87 bits per heavy atom. The number of anilines is 4. The number of hydrogen-bond donors (Lipinski definition) is 3. The lowest BCUT2D eigenvalue weighted by Crippen LogP contribution is -2.53. The maximum absolute atomic E-state index is 13.2. The molecule has 3 heterocycles. The van der Waals surface area contributed by atoms with Crippen LogP contribution in [0.25, 0.3) is 0 Å². The zero-order valence-corrected chi connectivity index (χ0v) is 20.8. The summed E-state index contributed by atoms with van der Waals surface area (Å²) < 4.78 is 50.9. The fourth-order valence-electron chi connectivity index (χ4n) is 4.14. The topological polar surface area (TPSA) is 117 Å². The molecule has 3 unspecified atom stereocenters. The summed E-state index contributed by atoms with van der Waals surface area (Å²) in [5.74, 6) is 1.32. The van der Waals surface area contributed by atoms with E-state index < -0.39 is 22.8 Å². The first-order valence-electron chi connectivity index (χ1n) is 11.4. The van der Waals surface area contributed by atoms with Gasteiger partial charge in [0.2, 0.25) is 0 Å².